The Morgan fingerprint density at radius 1 is 1.20 bits per heavy atom. The van der Waals surface area contributed by atoms with Gasteiger partial charge in [0, 0.05) is 4.88 Å². The number of aryl methyl sites for hydroxylation is 2. The molecule has 1 heterocycles. The molecule has 0 atom stereocenters. The maximum Gasteiger partial charge on any atom is 0.271 e. The molecule has 1 aliphatic rings. The van der Waals surface area contributed by atoms with Crippen LogP contribution in [0.4, 0.5) is 0 Å². The van der Waals surface area contributed by atoms with Crippen molar-refractivity contribution in [1.82, 2.24) is 10.3 Å². The fraction of sp³-hybridized carbons (Fsp3) is 0.643. The average Bonchev–Trinajstić information content (AvgIpc) is 2.60. The molecular weight excluding hydrogens is 274 g/mol. The van der Waals surface area contributed by atoms with Crippen LogP contribution in [0.5, 0.6) is 0 Å². The third-order valence-corrected chi connectivity index (χ3v) is 4.79. The Labute approximate surface area is 123 Å². The molecule has 20 heavy (non-hydrogen) atoms. The topological polar surface area (TPSA) is 85.1 Å². The predicted octanol–water partition coefficient (Wildman–Crippen LogP) is 2.07. The molecule has 0 spiro atoms. The van der Waals surface area contributed by atoms with Crippen molar-refractivity contribution in [3.05, 3.63) is 15.6 Å². The zero-order valence-electron chi connectivity index (χ0n) is 12.0. The van der Waals surface area contributed by atoms with Gasteiger partial charge >= 0.3 is 0 Å². The molecule has 1 aromatic heterocycles. The number of thiazole rings is 1. The van der Waals surface area contributed by atoms with Crippen LogP contribution in [-0.4, -0.2) is 22.3 Å². The number of nitrogens with zero attached hydrogens (tertiary/aromatic N) is 1. The molecule has 1 aromatic rings. The van der Waals surface area contributed by atoms with E-state index in [1.165, 1.54) is 11.3 Å². The lowest BCUT2D eigenvalue weighted by Crippen LogP contribution is -2.57. The minimum atomic E-state index is -0.905. The second-order valence-corrected chi connectivity index (χ2v) is 6.86. The molecule has 1 aliphatic carbocycles. The normalized spacial score (nSPS) is 18.3. The highest BCUT2D eigenvalue weighted by atomic mass is 32.1. The van der Waals surface area contributed by atoms with Gasteiger partial charge in [-0.1, -0.05) is 25.7 Å². The largest absolute Gasteiger partial charge is 0.368 e. The van der Waals surface area contributed by atoms with Crippen molar-refractivity contribution in [1.29, 1.82) is 0 Å². The highest BCUT2D eigenvalue weighted by Crippen LogP contribution is 2.28. The lowest BCUT2D eigenvalue weighted by atomic mass is 9.89. The number of hydrogen-bond donors (Lipinski definition) is 2. The van der Waals surface area contributed by atoms with Gasteiger partial charge in [0.25, 0.3) is 5.91 Å². The molecule has 5 nitrogen and oxygen atoms in total. The summed E-state index contributed by atoms with van der Waals surface area (Å²) in [6, 6.07) is 0. The summed E-state index contributed by atoms with van der Waals surface area (Å²) in [6.07, 6.45) is 5.24. The number of amides is 2. The molecule has 1 saturated carbocycles. The maximum absolute atomic E-state index is 12.4. The van der Waals surface area contributed by atoms with E-state index in [4.69, 9.17) is 5.73 Å². The van der Waals surface area contributed by atoms with Crippen molar-refractivity contribution >= 4 is 23.2 Å². The first-order valence-electron chi connectivity index (χ1n) is 7.01. The molecule has 2 amide bonds. The van der Waals surface area contributed by atoms with Gasteiger partial charge < -0.3 is 11.1 Å². The molecule has 0 bridgehead atoms. The number of rotatable bonds is 3. The Morgan fingerprint density at radius 3 is 2.25 bits per heavy atom. The second kappa shape index (κ2) is 5.91. The number of carbonyl (C=O) groups is 2. The van der Waals surface area contributed by atoms with Crippen LogP contribution in [0, 0.1) is 13.8 Å². The molecule has 0 aromatic carbocycles. The Morgan fingerprint density at radius 2 is 1.80 bits per heavy atom. The van der Waals surface area contributed by atoms with E-state index in [9.17, 15) is 9.59 Å². The molecule has 0 radical (unpaired) electrons. The number of primary amides is 1. The molecule has 1 fully saturated rings. The first kappa shape index (κ1) is 15.0. The number of carbonyl (C=O) groups excluding carboxylic acids is 2. The van der Waals surface area contributed by atoms with Crippen LogP contribution < -0.4 is 11.1 Å². The zero-order valence-corrected chi connectivity index (χ0v) is 12.8. The van der Waals surface area contributed by atoms with E-state index in [-0.39, 0.29) is 5.91 Å². The van der Waals surface area contributed by atoms with Crippen LogP contribution in [0.1, 0.15) is 58.9 Å². The lowest BCUT2D eigenvalue weighted by Gasteiger charge is -2.30. The first-order chi connectivity index (χ1) is 9.44. The number of aromatic nitrogens is 1. The molecule has 3 N–H and O–H groups in total. The van der Waals surface area contributed by atoms with Crippen molar-refractivity contribution in [3.63, 3.8) is 0 Å². The number of nitrogens with two attached hydrogens (primary N) is 1. The van der Waals surface area contributed by atoms with E-state index in [1.807, 2.05) is 13.8 Å². The fourth-order valence-electron chi connectivity index (χ4n) is 2.78. The quantitative estimate of drug-likeness (QED) is 0.837. The van der Waals surface area contributed by atoms with Crippen LogP contribution in [0.3, 0.4) is 0 Å². The third kappa shape index (κ3) is 3.00. The summed E-state index contributed by atoms with van der Waals surface area (Å²) in [7, 11) is 0. The summed E-state index contributed by atoms with van der Waals surface area (Å²) in [5.41, 5.74) is 5.08. The zero-order chi connectivity index (χ0) is 14.8. The number of hydrogen-bond acceptors (Lipinski definition) is 4. The second-order valence-electron chi connectivity index (χ2n) is 5.45. The van der Waals surface area contributed by atoms with Gasteiger partial charge in [-0.2, -0.15) is 0 Å². The van der Waals surface area contributed by atoms with E-state index >= 15 is 0 Å². The molecule has 110 valence electrons. The van der Waals surface area contributed by atoms with Crippen LogP contribution in [0.25, 0.3) is 0 Å². The Balaban J connectivity index is 2.21. The van der Waals surface area contributed by atoms with Gasteiger partial charge in [0.05, 0.1) is 5.01 Å². The molecule has 0 saturated heterocycles. The van der Waals surface area contributed by atoms with Crippen LogP contribution >= 0.6 is 11.3 Å². The van der Waals surface area contributed by atoms with Gasteiger partial charge in [0.15, 0.2) is 0 Å². The summed E-state index contributed by atoms with van der Waals surface area (Å²) in [6.45, 7) is 3.73. The SMILES string of the molecule is Cc1nc(C(=O)NC2(C(N)=O)CCCCCC2)c(C)s1. The summed E-state index contributed by atoms with van der Waals surface area (Å²) in [4.78, 5) is 29.4. The molecular formula is C14H21N3O2S. The Bertz CT molecular complexity index is 516. The van der Waals surface area contributed by atoms with Crippen molar-refractivity contribution in [3.8, 4) is 0 Å². The Hall–Kier alpha value is -1.43. The van der Waals surface area contributed by atoms with Crippen molar-refractivity contribution < 1.29 is 9.59 Å². The van der Waals surface area contributed by atoms with Crippen LogP contribution in [0.15, 0.2) is 0 Å². The third-order valence-electron chi connectivity index (χ3n) is 3.90. The van der Waals surface area contributed by atoms with Gasteiger partial charge in [-0.05, 0) is 26.7 Å². The highest BCUT2D eigenvalue weighted by molar-refractivity contribution is 7.11. The highest BCUT2D eigenvalue weighted by Gasteiger charge is 2.39. The maximum atomic E-state index is 12.4. The van der Waals surface area contributed by atoms with Crippen molar-refractivity contribution in [2.45, 2.75) is 57.9 Å². The summed E-state index contributed by atoms with van der Waals surface area (Å²) >= 11 is 1.48. The predicted molar refractivity (Wildman–Crippen MR) is 78.7 cm³/mol. The van der Waals surface area contributed by atoms with E-state index in [1.54, 1.807) is 0 Å². The Kier molecular flexibility index (Phi) is 4.42. The summed E-state index contributed by atoms with van der Waals surface area (Å²) in [5, 5.41) is 3.72. The molecule has 2 rings (SSSR count). The van der Waals surface area contributed by atoms with Crippen molar-refractivity contribution in [2.24, 2.45) is 5.73 Å². The summed E-state index contributed by atoms with van der Waals surface area (Å²) < 4.78 is 0. The van der Waals surface area contributed by atoms with Crippen LogP contribution in [-0.2, 0) is 4.79 Å². The molecule has 0 aliphatic heterocycles. The fourth-order valence-corrected chi connectivity index (χ4v) is 3.60. The van der Waals surface area contributed by atoms with Crippen LogP contribution in [0.2, 0.25) is 0 Å². The smallest absolute Gasteiger partial charge is 0.271 e. The van der Waals surface area contributed by atoms with Gasteiger partial charge in [-0.15, -0.1) is 11.3 Å². The van der Waals surface area contributed by atoms with Gasteiger partial charge in [0.1, 0.15) is 11.2 Å². The summed E-state index contributed by atoms with van der Waals surface area (Å²) in [5.74, 6) is -0.718. The van der Waals surface area contributed by atoms with E-state index in [2.05, 4.69) is 10.3 Å². The van der Waals surface area contributed by atoms with Crippen molar-refractivity contribution in [2.75, 3.05) is 0 Å². The average molecular weight is 295 g/mol. The van der Waals surface area contributed by atoms with E-state index in [0.717, 1.165) is 35.6 Å². The van der Waals surface area contributed by atoms with Gasteiger partial charge in [-0.3, -0.25) is 9.59 Å². The lowest BCUT2D eigenvalue weighted by molar-refractivity contribution is -0.124. The van der Waals surface area contributed by atoms with Gasteiger partial charge in [0.2, 0.25) is 5.91 Å². The van der Waals surface area contributed by atoms with Gasteiger partial charge in [-0.25, -0.2) is 4.98 Å². The monoisotopic (exact) mass is 295 g/mol. The minimum Gasteiger partial charge on any atom is -0.368 e. The first-order valence-corrected chi connectivity index (χ1v) is 7.83. The van der Waals surface area contributed by atoms with E-state index in [0.29, 0.717) is 18.5 Å². The minimum absolute atomic E-state index is 0.285. The molecule has 6 heteroatoms. The standard InChI is InChI=1S/C14H21N3O2S/c1-9-11(16-10(2)20-9)12(18)17-14(13(15)19)7-5-3-4-6-8-14/h3-8H2,1-2H3,(H2,15,19)(H,17,18). The van der Waals surface area contributed by atoms with E-state index < -0.39 is 11.4 Å². The molecule has 0 unspecified atom stereocenters. The number of nitrogens with one attached hydrogen (secondary N) is 1.